The average molecular weight is 298 g/mol. The van der Waals surface area contributed by atoms with E-state index in [2.05, 4.69) is 5.32 Å². The summed E-state index contributed by atoms with van der Waals surface area (Å²) in [5, 5.41) is 4.25. The van der Waals surface area contributed by atoms with Crippen LogP contribution in [0.3, 0.4) is 0 Å². The van der Waals surface area contributed by atoms with Crippen molar-refractivity contribution in [2.75, 3.05) is 12.3 Å². The van der Waals surface area contributed by atoms with Crippen LogP contribution in [-0.2, 0) is 0 Å². The minimum absolute atomic E-state index is 0.0742. The quantitative estimate of drug-likeness (QED) is 0.828. The van der Waals surface area contributed by atoms with Gasteiger partial charge in [-0.1, -0.05) is 43.0 Å². The zero-order valence-corrected chi connectivity index (χ0v) is 12.6. The van der Waals surface area contributed by atoms with Crippen LogP contribution in [0.5, 0.6) is 0 Å². The molecule has 4 heteroatoms. The number of nitrogens with one attached hydrogen (secondary N) is 1. The number of rotatable bonds is 5. The van der Waals surface area contributed by atoms with Gasteiger partial charge >= 0.3 is 0 Å². The lowest BCUT2D eigenvalue weighted by atomic mass is 10.0. The van der Waals surface area contributed by atoms with Crippen molar-refractivity contribution in [1.82, 2.24) is 5.32 Å². The summed E-state index contributed by atoms with van der Waals surface area (Å²) in [6.45, 7) is 0.714. The monoisotopic (exact) mass is 297 g/mol. The fourth-order valence-electron chi connectivity index (χ4n) is 2.36. The van der Waals surface area contributed by atoms with Gasteiger partial charge in [0.15, 0.2) is 0 Å². The van der Waals surface area contributed by atoms with Crippen molar-refractivity contribution >= 4 is 29.3 Å². The molecule has 104 valence electrons. The first-order chi connectivity index (χ1) is 9.27. The van der Waals surface area contributed by atoms with E-state index in [9.17, 15) is 4.79 Å². The van der Waals surface area contributed by atoms with Crippen LogP contribution >= 0.6 is 23.4 Å². The van der Waals surface area contributed by atoms with Gasteiger partial charge in [-0.2, -0.15) is 11.8 Å². The van der Waals surface area contributed by atoms with Gasteiger partial charge in [-0.3, -0.25) is 4.79 Å². The van der Waals surface area contributed by atoms with Crippen LogP contribution < -0.4 is 5.32 Å². The van der Waals surface area contributed by atoms with Crippen LogP contribution in [0.25, 0.3) is 0 Å². The molecule has 19 heavy (non-hydrogen) atoms. The molecule has 1 aromatic carbocycles. The molecule has 2 rings (SSSR count). The molecule has 0 aliphatic heterocycles. The maximum atomic E-state index is 11.9. The van der Waals surface area contributed by atoms with Gasteiger partial charge in [-0.25, -0.2) is 0 Å². The number of benzene rings is 1. The van der Waals surface area contributed by atoms with E-state index in [-0.39, 0.29) is 5.91 Å². The van der Waals surface area contributed by atoms with E-state index >= 15 is 0 Å². The number of carbonyl (C=O) groups is 1. The highest BCUT2D eigenvalue weighted by Gasteiger charge is 2.13. The van der Waals surface area contributed by atoms with Gasteiger partial charge in [0.25, 0.3) is 5.91 Å². The molecule has 0 heterocycles. The van der Waals surface area contributed by atoms with Gasteiger partial charge in [0, 0.05) is 17.5 Å². The first-order valence-corrected chi connectivity index (χ1v) is 8.34. The molecule has 0 radical (unpaired) electrons. The zero-order valence-electron chi connectivity index (χ0n) is 11.0. The maximum absolute atomic E-state index is 11.9. The smallest absolute Gasteiger partial charge is 0.252 e. The predicted octanol–water partition coefficient (Wildman–Crippen LogP) is 4.14. The van der Waals surface area contributed by atoms with Crippen molar-refractivity contribution in [2.45, 2.75) is 37.4 Å². The Hall–Kier alpha value is -0.670. The first kappa shape index (κ1) is 14.7. The first-order valence-electron chi connectivity index (χ1n) is 6.91. The minimum Gasteiger partial charge on any atom is -0.351 e. The molecule has 1 amide bonds. The Morgan fingerprint density at radius 1 is 1.26 bits per heavy atom. The summed E-state index contributed by atoms with van der Waals surface area (Å²) < 4.78 is 0. The summed E-state index contributed by atoms with van der Waals surface area (Å²) in [6, 6.07) is 7.16. The van der Waals surface area contributed by atoms with Crippen molar-refractivity contribution in [2.24, 2.45) is 0 Å². The Morgan fingerprint density at radius 2 is 2.00 bits per heavy atom. The van der Waals surface area contributed by atoms with E-state index in [4.69, 9.17) is 11.6 Å². The predicted molar refractivity (Wildman–Crippen MR) is 83.1 cm³/mol. The second kappa shape index (κ2) is 7.81. The molecule has 1 N–H and O–H groups in total. The van der Waals surface area contributed by atoms with Crippen LogP contribution in [-0.4, -0.2) is 23.5 Å². The summed E-state index contributed by atoms with van der Waals surface area (Å²) in [7, 11) is 0. The molecule has 0 unspecified atom stereocenters. The van der Waals surface area contributed by atoms with Crippen LogP contribution in [0.1, 0.15) is 42.5 Å². The number of halogens is 1. The number of carbonyl (C=O) groups excluding carboxylic acids is 1. The molecule has 1 saturated carbocycles. The molecular weight excluding hydrogens is 278 g/mol. The Bertz CT molecular complexity index is 418. The SMILES string of the molecule is O=C(NCCSC1CCCCC1)c1ccccc1Cl. The van der Waals surface area contributed by atoms with Crippen molar-refractivity contribution in [3.05, 3.63) is 34.9 Å². The molecule has 0 spiro atoms. The van der Waals surface area contributed by atoms with Gasteiger partial charge in [-0.15, -0.1) is 0 Å². The summed E-state index contributed by atoms with van der Waals surface area (Å²) in [4.78, 5) is 11.9. The number of amides is 1. The average Bonchev–Trinajstić information content (AvgIpc) is 2.45. The standard InChI is InChI=1S/C15H20ClNOS/c16-14-9-5-4-8-13(14)15(18)17-10-11-19-12-6-2-1-3-7-12/h4-5,8-9,12H,1-3,6-7,10-11H2,(H,17,18). The summed E-state index contributed by atoms with van der Waals surface area (Å²) in [6.07, 6.45) is 6.79. The third kappa shape index (κ3) is 4.73. The van der Waals surface area contributed by atoms with Crippen LogP contribution in [0.15, 0.2) is 24.3 Å². The maximum Gasteiger partial charge on any atom is 0.252 e. The number of hydrogen-bond acceptors (Lipinski definition) is 2. The molecule has 1 fully saturated rings. The molecule has 1 aromatic rings. The van der Waals surface area contributed by atoms with E-state index in [0.29, 0.717) is 17.1 Å². The van der Waals surface area contributed by atoms with Crippen LogP contribution in [0, 0.1) is 0 Å². The van der Waals surface area contributed by atoms with Crippen molar-refractivity contribution in [3.8, 4) is 0 Å². The fourth-order valence-corrected chi connectivity index (χ4v) is 3.80. The van der Waals surface area contributed by atoms with Gasteiger partial charge in [-0.05, 0) is 25.0 Å². The largest absolute Gasteiger partial charge is 0.351 e. The molecule has 0 aromatic heterocycles. The Morgan fingerprint density at radius 3 is 2.74 bits per heavy atom. The molecule has 0 bridgehead atoms. The van der Waals surface area contributed by atoms with E-state index in [1.807, 2.05) is 23.9 Å². The van der Waals surface area contributed by atoms with E-state index in [0.717, 1.165) is 11.0 Å². The van der Waals surface area contributed by atoms with Gasteiger partial charge in [0.1, 0.15) is 0 Å². The Balaban J connectivity index is 1.68. The van der Waals surface area contributed by atoms with Crippen LogP contribution in [0.2, 0.25) is 5.02 Å². The third-order valence-electron chi connectivity index (χ3n) is 3.41. The van der Waals surface area contributed by atoms with E-state index < -0.39 is 0 Å². The number of hydrogen-bond donors (Lipinski definition) is 1. The normalized spacial score (nSPS) is 16.3. The topological polar surface area (TPSA) is 29.1 Å². The molecule has 0 saturated heterocycles. The van der Waals surface area contributed by atoms with Gasteiger partial charge in [0.05, 0.1) is 10.6 Å². The second-order valence-electron chi connectivity index (χ2n) is 4.87. The molecular formula is C15H20ClNOS. The minimum atomic E-state index is -0.0742. The highest BCUT2D eigenvalue weighted by Crippen LogP contribution is 2.27. The van der Waals surface area contributed by atoms with Crippen molar-refractivity contribution in [3.63, 3.8) is 0 Å². The van der Waals surface area contributed by atoms with Crippen LogP contribution in [0.4, 0.5) is 0 Å². The summed E-state index contributed by atoms with van der Waals surface area (Å²) >= 11 is 7.98. The highest BCUT2D eigenvalue weighted by molar-refractivity contribution is 7.99. The molecule has 0 atom stereocenters. The lowest BCUT2D eigenvalue weighted by Gasteiger charge is -2.20. The molecule has 1 aliphatic carbocycles. The third-order valence-corrected chi connectivity index (χ3v) is 5.12. The van der Waals surface area contributed by atoms with Gasteiger partial charge in [0.2, 0.25) is 0 Å². The highest BCUT2D eigenvalue weighted by atomic mass is 35.5. The molecule has 2 nitrogen and oxygen atoms in total. The van der Waals surface area contributed by atoms with Crippen molar-refractivity contribution < 1.29 is 4.79 Å². The lowest BCUT2D eigenvalue weighted by molar-refractivity contribution is 0.0956. The summed E-state index contributed by atoms with van der Waals surface area (Å²) in [5.74, 6) is 0.913. The Labute approximate surface area is 124 Å². The zero-order chi connectivity index (χ0) is 13.5. The summed E-state index contributed by atoms with van der Waals surface area (Å²) in [5.41, 5.74) is 0.562. The van der Waals surface area contributed by atoms with E-state index in [1.54, 1.807) is 12.1 Å². The van der Waals surface area contributed by atoms with E-state index in [1.165, 1.54) is 32.1 Å². The fraction of sp³-hybridized carbons (Fsp3) is 0.533. The number of thioether (sulfide) groups is 1. The Kier molecular flexibility index (Phi) is 6.05. The van der Waals surface area contributed by atoms with Crippen molar-refractivity contribution in [1.29, 1.82) is 0 Å². The van der Waals surface area contributed by atoms with Gasteiger partial charge < -0.3 is 5.32 Å². The lowest BCUT2D eigenvalue weighted by Crippen LogP contribution is -2.26. The second-order valence-corrected chi connectivity index (χ2v) is 6.68. The molecule has 1 aliphatic rings.